The first-order valence-electron chi connectivity index (χ1n) is 3.30. The van der Waals surface area contributed by atoms with Gasteiger partial charge in [0.05, 0.1) is 6.54 Å². The summed E-state index contributed by atoms with van der Waals surface area (Å²) in [6.45, 7) is 4.08. The molecule has 0 aromatic carbocycles. The van der Waals surface area contributed by atoms with Crippen LogP contribution in [-0.2, 0) is 0 Å². The predicted octanol–water partition coefficient (Wildman–Crippen LogP) is -0.397. The Balaban J connectivity index is 2.86. The van der Waals surface area contributed by atoms with Crippen LogP contribution in [0.5, 0.6) is 0 Å². The molecule has 0 spiro atoms. The Morgan fingerprint density at radius 3 is 2.62 bits per heavy atom. The summed E-state index contributed by atoms with van der Waals surface area (Å²) in [5.41, 5.74) is 9.11. The predicted molar refractivity (Wildman–Crippen MR) is 35.2 cm³/mol. The van der Waals surface area contributed by atoms with Gasteiger partial charge in [-0.2, -0.15) is 0 Å². The van der Waals surface area contributed by atoms with E-state index in [4.69, 9.17) is 5.73 Å². The molecule has 0 aromatic heterocycles. The fourth-order valence-corrected chi connectivity index (χ4v) is 0.611. The highest BCUT2D eigenvalue weighted by molar-refractivity contribution is 4.48. The number of nitrogens with two attached hydrogens (primary N) is 1. The van der Waals surface area contributed by atoms with E-state index in [2.05, 4.69) is 12.7 Å². The quantitative estimate of drug-likeness (QED) is 0.517. The molecule has 1 unspecified atom stereocenters. The molecule has 0 heterocycles. The van der Waals surface area contributed by atoms with Gasteiger partial charge in [-0.05, 0) is 19.4 Å². The maximum absolute atomic E-state index is 5.31. The Bertz CT molecular complexity index is 45.8. The van der Waals surface area contributed by atoms with Gasteiger partial charge in [-0.15, -0.1) is 0 Å². The first-order chi connectivity index (χ1) is 3.81. The summed E-state index contributed by atoms with van der Waals surface area (Å²) in [6, 6.07) is 0. The molecule has 2 heteroatoms. The third-order valence-corrected chi connectivity index (χ3v) is 1.39. The molecule has 5 N–H and O–H groups in total. The smallest absolute Gasteiger partial charge is 0.0765 e. The first-order valence-corrected chi connectivity index (χ1v) is 3.30. The molecule has 0 bridgehead atoms. The van der Waals surface area contributed by atoms with Gasteiger partial charge in [0.2, 0.25) is 0 Å². The van der Waals surface area contributed by atoms with Crippen LogP contribution in [0.15, 0.2) is 0 Å². The molecule has 0 radical (unpaired) electrons. The van der Waals surface area contributed by atoms with Crippen LogP contribution >= 0.6 is 0 Å². The molecular weight excluding hydrogens is 100 g/mol. The van der Waals surface area contributed by atoms with E-state index in [1.165, 1.54) is 6.42 Å². The zero-order chi connectivity index (χ0) is 6.41. The van der Waals surface area contributed by atoms with Crippen LogP contribution in [0.25, 0.3) is 0 Å². The summed E-state index contributed by atoms with van der Waals surface area (Å²) in [5.74, 6) is 0.763. The van der Waals surface area contributed by atoms with Gasteiger partial charge in [0, 0.05) is 5.92 Å². The van der Waals surface area contributed by atoms with E-state index in [9.17, 15) is 0 Å². The van der Waals surface area contributed by atoms with Crippen molar-refractivity contribution in [2.45, 2.75) is 19.8 Å². The molecule has 1 atom stereocenters. The summed E-state index contributed by atoms with van der Waals surface area (Å²) >= 11 is 0. The normalized spacial score (nSPS) is 13.9. The summed E-state index contributed by atoms with van der Waals surface area (Å²) < 4.78 is 0. The third kappa shape index (κ3) is 4.09. The highest BCUT2D eigenvalue weighted by Gasteiger charge is 1.97. The second kappa shape index (κ2) is 5.06. The van der Waals surface area contributed by atoms with Crippen molar-refractivity contribution < 1.29 is 5.73 Å². The van der Waals surface area contributed by atoms with Crippen LogP contribution in [0.2, 0.25) is 0 Å². The van der Waals surface area contributed by atoms with Gasteiger partial charge in [0.15, 0.2) is 0 Å². The standard InChI is InChI=1S/C6H16N2/c1-6(5-8)3-2-4-7/h6H,2-5,7-8H2,1H3/p+1. The van der Waals surface area contributed by atoms with Crippen molar-refractivity contribution >= 4 is 0 Å². The van der Waals surface area contributed by atoms with Crippen molar-refractivity contribution in [1.82, 2.24) is 0 Å². The highest BCUT2D eigenvalue weighted by Crippen LogP contribution is 1.99. The zero-order valence-corrected chi connectivity index (χ0v) is 5.69. The van der Waals surface area contributed by atoms with E-state index >= 15 is 0 Å². The van der Waals surface area contributed by atoms with Gasteiger partial charge >= 0.3 is 0 Å². The Labute approximate surface area is 51.2 Å². The van der Waals surface area contributed by atoms with Gasteiger partial charge in [-0.25, -0.2) is 0 Å². The Morgan fingerprint density at radius 1 is 1.62 bits per heavy atom. The molecule has 0 fully saturated rings. The second-order valence-corrected chi connectivity index (χ2v) is 2.32. The minimum absolute atomic E-state index is 0.763. The fraction of sp³-hybridized carbons (Fsp3) is 1.00. The van der Waals surface area contributed by atoms with Gasteiger partial charge in [-0.3, -0.25) is 0 Å². The van der Waals surface area contributed by atoms with E-state index in [0.29, 0.717) is 0 Å². The Morgan fingerprint density at radius 2 is 2.25 bits per heavy atom. The van der Waals surface area contributed by atoms with Crippen LogP contribution in [0, 0.1) is 5.92 Å². The first kappa shape index (κ1) is 7.92. The Hall–Kier alpha value is -0.0800. The van der Waals surface area contributed by atoms with Crippen LogP contribution in [-0.4, -0.2) is 13.1 Å². The SMILES string of the molecule is CC(C[NH3+])CCCN. The fourth-order valence-electron chi connectivity index (χ4n) is 0.611. The molecule has 0 saturated carbocycles. The largest absolute Gasteiger partial charge is 0.357 e. The number of rotatable bonds is 4. The van der Waals surface area contributed by atoms with Crippen LogP contribution in [0.3, 0.4) is 0 Å². The number of hydrogen-bond acceptors (Lipinski definition) is 1. The molecule has 0 amide bonds. The van der Waals surface area contributed by atoms with Crippen molar-refractivity contribution in [3.8, 4) is 0 Å². The maximum Gasteiger partial charge on any atom is 0.0765 e. The topological polar surface area (TPSA) is 53.7 Å². The van der Waals surface area contributed by atoms with Gasteiger partial charge in [0.25, 0.3) is 0 Å². The Kier molecular flexibility index (Phi) is 5.01. The monoisotopic (exact) mass is 117 g/mol. The van der Waals surface area contributed by atoms with Crippen LogP contribution < -0.4 is 11.5 Å². The van der Waals surface area contributed by atoms with E-state index in [-0.39, 0.29) is 0 Å². The van der Waals surface area contributed by atoms with Gasteiger partial charge in [-0.1, -0.05) is 6.92 Å². The zero-order valence-electron chi connectivity index (χ0n) is 5.69. The molecule has 0 aliphatic carbocycles. The van der Waals surface area contributed by atoms with Crippen LogP contribution in [0.1, 0.15) is 19.8 Å². The second-order valence-electron chi connectivity index (χ2n) is 2.32. The summed E-state index contributed by atoms with van der Waals surface area (Å²) in [6.07, 6.45) is 2.39. The van der Waals surface area contributed by atoms with E-state index in [1.54, 1.807) is 0 Å². The number of hydrogen-bond donors (Lipinski definition) is 2. The van der Waals surface area contributed by atoms with E-state index in [0.717, 1.165) is 25.4 Å². The third-order valence-electron chi connectivity index (χ3n) is 1.39. The van der Waals surface area contributed by atoms with Crippen molar-refractivity contribution in [1.29, 1.82) is 0 Å². The molecular formula is C6H17N2+. The molecule has 8 heavy (non-hydrogen) atoms. The van der Waals surface area contributed by atoms with E-state index in [1.807, 2.05) is 0 Å². The van der Waals surface area contributed by atoms with E-state index < -0.39 is 0 Å². The average molecular weight is 117 g/mol. The van der Waals surface area contributed by atoms with Crippen molar-refractivity contribution in [3.63, 3.8) is 0 Å². The van der Waals surface area contributed by atoms with Gasteiger partial charge in [0.1, 0.15) is 0 Å². The van der Waals surface area contributed by atoms with Crippen LogP contribution in [0.4, 0.5) is 0 Å². The molecule has 0 rings (SSSR count). The van der Waals surface area contributed by atoms with Crippen molar-refractivity contribution in [2.75, 3.05) is 13.1 Å². The number of quaternary nitrogens is 1. The van der Waals surface area contributed by atoms with Crippen molar-refractivity contribution in [3.05, 3.63) is 0 Å². The summed E-state index contributed by atoms with van der Waals surface area (Å²) in [5, 5.41) is 0. The molecule has 2 nitrogen and oxygen atoms in total. The lowest BCUT2D eigenvalue weighted by Gasteiger charge is -2.02. The highest BCUT2D eigenvalue weighted by atomic mass is 14.5. The molecule has 0 aliphatic heterocycles. The van der Waals surface area contributed by atoms with Crippen molar-refractivity contribution in [2.24, 2.45) is 11.7 Å². The maximum atomic E-state index is 5.31. The summed E-state index contributed by atoms with van der Waals surface area (Å²) in [7, 11) is 0. The van der Waals surface area contributed by atoms with Gasteiger partial charge < -0.3 is 11.5 Å². The minimum Gasteiger partial charge on any atom is -0.357 e. The summed E-state index contributed by atoms with van der Waals surface area (Å²) in [4.78, 5) is 0. The lowest BCUT2D eigenvalue weighted by Crippen LogP contribution is -2.53. The lowest BCUT2D eigenvalue weighted by atomic mass is 10.1. The molecule has 0 aromatic rings. The minimum atomic E-state index is 0.763. The lowest BCUT2D eigenvalue weighted by molar-refractivity contribution is -0.378. The average Bonchev–Trinajstić information content (AvgIpc) is 1.83. The molecule has 0 aliphatic rings. The molecule has 50 valence electrons. The molecule has 0 saturated heterocycles.